The van der Waals surface area contributed by atoms with Crippen molar-refractivity contribution >= 4 is 47.8 Å². The number of benzene rings is 1. The van der Waals surface area contributed by atoms with Crippen LogP contribution in [0.2, 0.25) is 0 Å². The third kappa shape index (κ3) is 7.05. The van der Waals surface area contributed by atoms with Crippen molar-refractivity contribution in [3.63, 3.8) is 0 Å². The largest absolute Gasteiger partial charge is 0.352 e. The highest BCUT2D eigenvalue weighted by molar-refractivity contribution is 9.11. The Balaban J connectivity index is 2.39. The summed E-state index contributed by atoms with van der Waals surface area (Å²) in [6, 6.07) is 5.27. The normalized spacial score (nSPS) is 11.3. The molecule has 0 fully saturated rings. The van der Waals surface area contributed by atoms with Crippen LogP contribution in [-0.4, -0.2) is 33.7 Å². The highest BCUT2D eigenvalue weighted by atomic mass is 79.9. The van der Waals surface area contributed by atoms with Gasteiger partial charge in [0, 0.05) is 27.6 Å². The number of halogens is 2. The van der Waals surface area contributed by atoms with Gasteiger partial charge in [-0.05, 0) is 24.6 Å². The van der Waals surface area contributed by atoms with E-state index in [4.69, 9.17) is 0 Å². The molecule has 106 valence electrons. The van der Waals surface area contributed by atoms with Gasteiger partial charge in [-0.15, -0.1) is 0 Å². The molecule has 0 saturated carbocycles. The molecule has 19 heavy (non-hydrogen) atoms. The summed E-state index contributed by atoms with van der Waals surface area (Å²) in [5, 5.41) is 2.72. The van der Waals surface area contributed by atoms with Crippen LogP contribution in [0.5, 0.6) is 0 Å². The highest BCUT2D eigenvalue weighted by Gasteiger charge is 2.07. The Labute approximate surface area is 129 Å². The molecule has 0 radical (unpaired) electrons. The lowest BCUT2D eigenvalue weighted by molar-refractivity contribution is 0.0953. The van der Waals surface area contributed by atoms with Crippen molar-refractivity contribution in [1.82, 2.24) is 10.0 Å². The van der Waals surface area contributed by atoms with Gasteiger partial charge >= 0.3 is 0 Å². The Morgan fingerprint density at radius 1 is 1.16 bits per heavy atom. The summed E-state index contributed by atoms with van der Waals surface area (Å²) >= 11 is 6.62. The maximum atomic E-state index is 11.8. The third-order valence-electron chi connectivity index (χ3n) is 2.13. The molecule has 0 atom stereocenters. The van der Waals surface area contributed by atoms with Gasteiger partial charge in [-0.2, -0.15) is 0 Å². The molecule has 1 amide bonds. The van der Waals surface area contributed by atoms with Crippen molar-refractivity contribution < 1.29 is 13.2 Å². The number of carbonyl (C=O) groups excluding carboxylic acids is 1. The monoisotopic (exact) mass is 412 g/mol. The van der Waals surface area contributed by atoms with E-state index >= 15 is 0 Å². The van der Waals surface area contributed by atoms with Crippen LogP contribution < -0.4 is 10.0 Å². The van der Waals surface area contributed by atoms with E-state index in [2.05, 4.69) is 41.9 Å². The lowest BCUT2D eigenvalue weighted by Gasteiger charge is -2.06. The summed E-state index contributed by atoms with van der Waals surface area (Å²) in [4.78, 5) is 11.8. The Hall–Kier alpha value is -0.440. The van der Waals surface area contributed by atoms with Crippen LogP contribution >= 0.6 is 31.9 Å². The van der Waals surface area contributed by atoms with Gasteiger partial charge in [0.05, 0.1) is 6.26 Å². The number of rotatable bonds is 6. The van der Waals surface area contributed by atoms with Gasteiger partial charge in [-0.3, -0.25) is 4.79 Å². The van der Waals surface area contributed by atoms with Gasteiger partial charge in [0.1, 0.15) is 0 Å². The van der Waals surface area contributed by atoms with Gasteiger partial charge in [0.2, 0.25) is 10.0 Å². The van der Waals surface area contributed by atoms with Gasteiger partial charge in [0.15, 0.2) is 0 Å². The summed E-state index contributed by atoms with van der Waals surface area (Å²) in [6.45, 7) is 0.715. The number of carbonyl (C=O) groups is 1. The maximum Gasteiger partial charge on any atom is 0.251 e. The molecular weight excluding hydrogens is 400 g/mol. The van der Waals surface area contributed by atoms with Crippen LogP contribution in [0.3, 0.4) is 0 Å². The second-order valence-electron chi connectivity index (χ2n) is 3.93. The van der Waals surface area contributed by atoms with Crippen molar-refractivity contribution in [2.45, 2.75) is 6.42 Å². The van der Waals surface area contributed by atoms with Crippen LogP contribution in [-0.2, 0) is 10.0 Å². The Kier molecular flexibility index (Phi) is 6.45. The first-order chi connectivity index (χ1) is 8.78. The average molecular weight is 414 g/mol. The Morgan fingerprint density at radius 2 is 1.74 bits per heavy atom. The summed E-state index contributed by atoms with van der Waals surface area (Å²) in [5.41, 5.74) is 0.539. The van der Waals surface area contributed by atoms with E-state index in [0.717, 1.165) is 15.2 Å². The lowest BCUT2D eigenvalue weighted by atomic mass is 10.2. The predicted octanol–water partition coefficient (Wildman–Crippen LogP) is 1.88. The molecule has 0 bridgehead atoms. The van der Waals surface area contributed by atoms with Crippen molar-refractivity contribution in [2.24, 2.45) is 0 Å². The van der Waals surface area contributed by atoms with Crippen molar-refractivity contribution in [2.75, 3.05) is 19.3 Å². The molecule has 0 aliphatic carbocycles. The summed E-state index contributed by atoms with van der Waals surface area (Å²) in [7, 11) is -3.16. The fraction of sp³-hybridized carbons (Fsp3) is 0.364. The van der Waals surface area contributed by atoms with Crippen LogP contribution in [0.15, 0.2) is 27.1 Å². The highest BCUT2D eigenvalue weighted by Crippen LogP contribution is 2.19. The zero-order valence-corrected chi connectivity index (χ0v) is 14.2. The molecular formula is C11H14Br2N2O3S. The summed E-state index contributed by atoms with van der Waals surface area (Å²) in [5.74, 6) is -0.193. The molecule has 0 aliphatic rings. The smallest absolute Gasteiger partial charge is 0.251 e. The summed E-state index contributed by atoms with van der Waals surface area (Å²) < 4.78 is 25.6. The molecule has 8 heteroatoms. The SMILES string of the molecule is CS(=O)(=O)NCCCNC(=O)c1cc(Br)cc(Br)c1. The van der Waals surface area contributed by atoms with E-state index < -0.39 is 10.0 Å². The second kappa shape index (κ2) is 7.37. The molecule has 0 unspecified atom stereocenters. The molecule has 0 heterocycles. The van der Waals surface area contributed by atoms with Crippen molar-refractivity contribution in [3.05, 3.63) is 32.7 Å². The first-order valence-corrected chi connectivity index (χ1v) is 8.94. The maximum absolute atomic E-state index is 11.8. The minimum Gasteiger partial charge on any atom is -0.352 e. The predicted molar refractivity (Wildman–Crippen MR) is 81.6 cm³/mol. The van der Waals surface area contributed by atoms with Crippen molar-refractivity contribution in [1.29, 1.82) is 0 Å². The van der Waals surface area contributed by atoms with E-state index in [1.807, 2.05) is 6.07 Å². The van der Waals surface area contributed by atoms with Crippen molar-refractivity contribution in [3.8, 4) is 0 Å². The van der Waals surface area contributed by atoms with Crippen LogP contribution in [0, 0.1) is 0 Å². The molecule has 2 N–H and O–H groups in total. The molecule has 0 aliphatic heterocycles. The van der Waals surface area contributed by atoms with E-state index in [1.165, 1.54) is 0 Å². The molecule has 1 aromatic carbocycles. The molecule has 5 nitrogen and oxygen atoms in total. The molecule has 0 aromatic heterocycles. The number of sulfonamides is 1. The molecule has 1 aromatic rings. The number of hydrogen-bond donors (Lipinski definition) is 2. The van der Waals surface area contributed by atoms with Gasteiger partial charge in [0.25, 0.3) is 5.91 Å². The average Bonchev–Trinajstić information content (AvgIpc) is 2.25. The standard InChI is InChI=1S/C11H14Br2N2O3S/c1-19(17,18)15-4-2-3-14-11(16)8-5-9(12)7-10(13)6-8/h5-7,15H,2-4H2,1H3,(H,14,16). The van der Waals surface area contributed by atoms with E-state index in [-0.39, 0.29) is 5.91 Å². The minimum absolute atomic E-state index is 0.193. The first kappa shape index (κ1) is 16.6. The Bertz CT molecular complexity index is 541. The zero-order chi connectivity index (χ0) is 14.5. The number of nitrogens with one attached hydrogen (secondary N) is 2. The van der Waals surface area contributed by atoms with Gasteiger partial charge < -0.3 is 5.32 Å². The van der Waals surface area contributed by atoms with Gasteiger partial charge in [-0.25, -0.2) is 13.1 Å². The quantitative estimate of drug-likeness (QED) is 0.699. The third-order valence-corrected chi connectivity index (χ3v) is 3.77. The number of amides is 1. The lowest BCUT2D eigenvalue weighted by Crippen LogP contribution is -2.29. The topological polar surface area (TPSA) is 75.3 Å². The van der Waals surface area contributed by atoms with E-state index in [9.17, 15) is 13.2 Å². The number of hydrogen-bond acceptors (Lipinski definition) is 3. The minimum atomic E-state index is -3.16. The Morgan fingerprint density at radius 3 is 2.26 bits per heavy atom. The zero-order valence-electron chi connectivity index (χ0n) is 10.2. The fourth-order valence-electron chi connectivity index (χ4n) is 1.33. The molecule has 0 spiro atoms. The second-order valence-corrected chi connectivity index (χ2v) is 7.60. The first-order valence-electron chi connectivity index (χ1n) is 5.47. The van der Waals surface area contributed by atoms with Crippen LogP contribution in [0.25, 0.3) is 0 Å². The van der Waals surface area contributed by atoms with E-state index in [0.29, 0.717) is 25.1 Å². The molecule has 0 saturated heterocycles. The van der Waals surface area contributed by atoms with Gasteiger partial charge in [-0.1, -0.05) is 31.9 Å². The fourth-order valence-corrected chi connectivity index (χ4v) is 3.14. The van der Waals surface area contributed by atoms with E-state index in [1.54, 1.807) is 12.1 Å². The van der Waals surface area contributed by atoms with Crippen LogP contribution in [0.4, 0.5) is 0 Å². The van der Waals surface area contributed by atoms with Crippen LogP contribution in [0.1, 0.15) is 16.8 Å². The molecule has 1 rings (SSSR count). The summed E-state index contributed by atoms with van der Waals surface area (Å²) in [6.07, 6.45) is 1.64.